The van der Waals surface area contributed by atoms with Crippen LogP contribution >= 0.6 is 0 Å². The highest BCUT2D eigenvalue weighted by atomic mass is 16.6. The molecular weight excluding hydrogens is 474 g/mol. The third kappa shape index (κ3) is 7.92. The lowest BCUT2D eigenvalue weighted by Gasteiger charge is -2.37. The second-order valence-electron chi connectivity index (χ2n) is 10.7. The summed E-state index contributed by atoms with van der Waals surface area (Å²) in [6.07, 6.45) is 3.74. The third-order valence-electron chi connectivity index (χ3n) is 6.67. The highest BCUT2D eigenvalue weighted by molar-refractivity contribution is 5.76. The monoisotopic (exact) mass is 513 g/mol. The molecule has 1 saturated heterocycles. The van der Waals surface area contributed by atoms with Crippen LogP contribution < -0.4 is 15.4 Å². The van der Waals surface area contributed by atoms with Crippen molar-refractivity contribution >= 4 is 12.0 Å². The number of hydrogen-bond donors (Lipinski definition) is 2. The van der Waals surface area contributed by atoms with Crippen LogP contribution in [0.2, 0.25) is 0 Å². The zero-order chi connectivity index (χ0) is 26.3. The molecule has 1 unspecified atom stereocenters. The number of para-hydroxylation sites is 1. The molecule has 3 heterocycles. The van der Waals surface area contributed by atoms with Gasteiger partial charge in [0.1, 0.15) is 18.0 Å². The molecule has 2 N–H and O–H groups in total. The molecule has 0 saturated carbocycles. The Bertz CT molecular complexity index is 1040. The largest absolute Gasteiger partial charge is 0.491 e. The second kappa shape index (κ2) is 12.4. The standard InChI is InChI=1S/C27H39N5O5/c1-27(2,3)36-26(34)32-16-12-19(13-17-32)21-11-14-28-15-18-35-22-8-5-4-7-20(22)25-30-24(37-31-25)10-6-9-23(33)29-21/h4-5,7-8,19,21,28H,6,9-18H2,1-3H3,(H,29,33). The molecule has 2 bridgehead atoms. The lowest BCUT2D eigenvalue weighted by molar-refractivity contribution is -0.122. The van der Waals surface area contributed by atoms with Gasteiger partial charge in [0.15, 0.2) is 0 Å². The van der Waals surface area contributed by atoms with Gasteiger partial charge < -0.3 is 29.5 Å². The van der Waals surface area contributed by atoms with Crippen molar-refractivity contribution < 1.29 is 23.6 Å². The van der Waals surface area contributed by atoms with Gasteiger partial charge in [0.2, 0.25) is 17.6 Å². The van der Waals surface area contributed by atoms with Gasteiger partial charge in [0, 0.05) is 38.5 Å². The van der Waals surface area contributed by atoms with Gasteiger partial charge in [0.25, 0.3) is 0 Å². The normalized spacial score (nSPS) is 20.8. The summed E-state index contributed by atoms with van der Waals surface area (Å²) in [7, 11) is 0. The van der Waals surface area contributed by atoms with E-state index >= 15 is 0 Å². The number of amides is 2. The minimum atomic E-state index is -0.510. The third-order valence-corrected chi connectivity index (χ3v) is 6.67. The molecule has 0 aliphatic carbocycles. The van der Waals surface area contributed by atoms with Crippen molar-refractivity contribution in [3.8, 4) is 17.1 Å². The molecule has 10 heteroatoms. The second-order valence-corrected chi connectivity index (χ2v) is 10.7. The highest BCUT2D eigenvalue weighted by Crippen LogP contribution is 2.28. The van der Waals surface area contributed by atoms with E-state index in [0.717, 1.165) is 31.4 Å². The van der Waals surface area contributed by atoms with Crippen molar-refractivity contribution in [3.05, 3.63) is 30.2 Å². The summed E-state index contributed by atoms with van der Waals surface area (Å²) in [5.74, 6) is 2.04. The van der Waals surface area contributed by atoms with Crippen molar-refractivity contribution in [1.29, 1.82) is 0 Å². The topological polar surface area (TPSA) is 119 Å². The molecule has 2 aliphatic heterocycles. The van der Waals surface area contributed by atoms with Crippen LogP contribution in [0.25, 0.3) is 11.4 Å². The Balaban J connectivity index is 1.37. The fourth-order valence-electron chi connectivity index (χ4n) is 4.77. The van der Waals surface area contributed by atoms with E-state index in [-0.39, 0.29) is 18.0 Å². The number of nitrogens with zero attached hydrogens (tertiary/aromatic N) is 3. The first-order valence-corrected chi connectivity index (χ1v) is 13.3. The van der Waals surface area contributed by atoms with Crippen LogP contribution in [0.1, 0.15) is 58.8 Å². The highest BCUT2D eigenvalue weighted by Gasteiger charge is 2.31. The molecule has 4 rings (SSSR count). The van der Waals surface area contributed by atoms with Crippen LogP contribution in [0.3, 0.4) is 0 Å². The SMILES string of the molecule is CC(C)(C)OC(=O)N1CCC(C2CCNCCOc3ccccc3-c3noc(n3)CCCC(=O)N2)CC1. The average molecular weight is 514 g/mol. The van der Waals surface area contributed by atoms with E-state index in [2.05, 4.69) is 20.8 Å². The van der Waals surface area contributed by atoms with Gasteiger partial charge in [-0.2, -0.15) is 4.98 Å². The molecule has 1 aromatic heterocycles. The van der Waals surface area contributed by atoms with Crippen LogP contribution in [-0.4, -0.2) is 71.5 Å². The minimum absolute atomic E-state index is 0.0253. The number of benzene rings is 1. The van der Waals surface area contributed by atoms with Crippen LogP contribution in [-0.2, 0) is 16.0 Å². The van der Waals surface area contributed by atoms with E-state index in [0.29, 0.717) is 68.9 Å². The number of nitrogens with one attached hydrogen (secondary N) is 2. The number of piperidine rings is 1. The number of aromatic nitrogens is 2. The maximum Gasteiger partial charge on any atom is 0.410 e. The number of aryl methyl sites for hydroxylation is 1. The lowest BCUT2D eigenvalue weighted by atomic mass is 9.87. The Morgan fingerprint density at radius 3 is 2.68 bits per heavy atom. The van der Waals surface area contributed by atoms with Crippen molar-refractivity contribution in [2.75, 3.05) is 32.8 Å². The zero-order valence-electron chi connectivity index (χ0n) is 22.1. The first-order chi connectivity index (χ1) is 17.8. The Morgan fingerprint density at radius 1 is 1.11 bits per heavy atom. The molecule has 1 atom stereocenters. The number of likely N-dealkylation sites (tertiary alicyclic amines) is 1. The van der Waals surface area contributed by atoms with Crippen LogP contribution in [0.15, 0.2) is 28.8 Å². The Kier molecular flexibility index (Phi) is 9.02. The molecule has 2 amide bonds. The smallest absolute Gasteiger partial charge is 0.410 e. The first kappa shape index (κ1) is 26.9. The Labute approximate surface area is 218 Å². The van der Waals surface area contributed by atoms with E-state index in [9.17, 15) is 9.59 Å². The van der Waals surface area contributed by atoms with Crippen LogP contribution in [0.5, 0.6) is 5.75 Å². The van der Waals surface area contributed by atoms with Crippen molar-refractivity contribution in [3.63, 3.8) is 0 Å². The van der Waals surface area contributed by atoms with Crippen molar-refractivity contribution in [2.45, 2.75) is 70.9 Å². The molecule has 2 aliphatic rings. The van der Waals surface area contributed by atoms with E-state index in [1.54, 1.807) is 4.90 Å². The van der Waals surface area contributed by atoms with E-state index in [1.165, 1.54) is 0 Å². The van der Waals surface area contributed by atoms with Crippen molar-refractivity contribution in [1.82, 2.24) is 25.7 Å². The summed E-state index contributed by atoms with van der Waals surface area (Å²) in [4.78, 5) is 31.6. The molecule has 0 radical (unpaired) electrons. The molecule has 10 nitrogen and oxygen atoms in total. The van der Waals surface area contributed by atoms with Gasteiger partial charge in [-0.25, -0.2) is 4.79 Å². The molecule has 202 valence electrons. The van der Waals surface area contributed by atoms with E-state index in [4.69, 9.17) is 14.0 Å². The van der Waals surface area contributed by atoms with Crippen LogP contribution in [0.4, 0.5) is 4.79 Å². The quantitative estimate of drug-likeness (QED) is 0.594. The summed E-state index contributed by atoms with van der Waals surface area (Å²) in [6, 6.07) is 7.69. The molecule has 2 aromatic rings. The lowest BCUT2D eigenvalue weighted by Crippen LogP contribution is -2.48. The summed E-state index contributed by atoms with van der Waals surface area (Å²) in [5.41, 5.74) is 0.279. The number of rotatable bonds is 1. The number of carbonyl (C=O) groups is 2. The molecule has 1 aromatic carbocycles. The van der Waals surface area contributed by atoms with Gasteiger partial charge in [-0.15, -0.1) is 0 Å². The molecule has 1 fully saturated rings. The minimum Gasteiger partial charge on any atom is -0.491 e. The van der Waals surface area contributed by atoms with Gasteiger partial charge in [0.05, 0.1) is 5.56 Å². The summed E-state index contributed by atoms with van der Waals surface area (Å²) >= 11 is 0. The fraction of sp³-hybridized carbons (Fsp3) is 0.630. The predicted octanol–water partition coefficient (Wildman–Crippen LogP) is 3.56. The number of fused-ring (bicyclic) bond motifs is 4. The van der Waals surface area contributed by atoms with Crippen molar-refractivity contribution in [2.24, 2.45) is 5.92 Å². The Hall–Kier alpha value is -3.14. The molecular formula is C27H39N5O5. The van der Waals surface area contributed by atoms with E-state index < -0.39 is 5.60 Å². The summed E-state index contributed by atoms with van der Waals surface area (Å²) in [5, 5.41) is 10.8. The summed E-state index contributed by atoms with van der Waals surface area (Å²) < 4.78 is 17.0. The maximum absolute atomic E-state index is 12.8. The number of hydrogen-bond acceptors (Lipinski definition) is 8. The van der Waals surface area contributed by atoms with Crippen LogP contribution in [0, 0.1) is 5.92 Å². The average Bonchev–Trinajstić information content (AvgIpc) is 3.33. The molecule has 37 heavy (non-hydrogen) atoms. The first-order valence-electron chi connectivity index (χ1n) is 13.3. The van der Waals surface area contributed by atoms with Gasteiger partial charge >= 0.3 is 6.09 Å². The molecule has 0 spiro atoms. The van der Waals surface area contributed by atoms with Gasteiger partial charge in [-0.3, -0.25) is 4.79 Å². The van der Waals surface area contributed by atoms with E-state index in [1.807, 2.05) is 45.0 Å². The van der Waals surface area contributed by atoms with Gasteiger partial charge in [-0.1, -0.05) is 17.3 Å². The Morgan fingerprint density at radius 2 is 1.89 bits per heavy atom. The zero-order valence-corrected chi connectivity index (χ0v) is 22.1. The van der Waals surface area contributed by atoms with Gasteiger partial charge in [-0.05, 0) is 71.0 Å². The fourth-order valence-corrected chi connectivity index (χ4v) is 4.77. The number of ether oxygens (including phenoxy) is 2. The summed E-state index contributed by atoms with van der Waals surface area (Å²) in [6.45, 7) is 8.82. The maximum atomic E-state index is 12.8. The predicted molar refractivity (Wildman–Crippen MR) is 138 cm³/mol. The number of carbonyl (C=O) groups excluding carboxylic acids is 2.